The zero-order chi connectivity index (χ0) is 13.7. The van der Waals surface area contributed by atoms with Gasteiger partial charge < -0.3 is 4.57 Å². The number of nitrogens with zero attached hydrogens (tertiary/aromatic N) is 2. The maximum Gasteiger partial charge on any atom is 0.277 e. The lowest BCUT2D eigenvalue weighted by molar-refractivity contribution is -0.127. The Morgan fingerprint density at radius 3 is 2.53 bits per heavy atom. The summed E-state index contributed by atoms with van der Waals surface area (Å²) in [6.45, 7) is 4.10. The van der Waals surface area contributed by atoms with Crippen LogP contribution in [0.1, 0.15) is 35.9 Å². The third-order valence-electron chi connectivity index (χ3n) is 3.74. The van der Waals surface area contributed by atoms with E-state index in [1.807, 2.05) is 28.8 Å². The van der Waals surface area contributed by atoms with E-state index in [-0.39, 0.29) is 17.9 Å². The maximum atomic E-state index is 12.4. The zero-order valence-corrected chi connectivity index (χ0v) is 11.3. The van der Waals surface area contributed by atoms with Crippen molar-refractivity contribution in [1.82, 2.24) is 9.47 Å². The summed E-state index contributed by atoms with van der Waals surface area (Å²) in [5.74, 6) is -0.333. The maximum absolute atomic E-state index is 12.4. The minimum atomic E-state index is -0.198. The Morgan fingerprint density at radius 2 is 1.84 bits per heavy atom. The van der Waals surface area contributed by atoms with Crippen LogP contribution in [0.2, 0.25) is 0 Å². The first kappa shape index (κ1) is 12.0. The molecule has 0 atom stereocenters. The van der Waals surface area contributed by atoms with Crippen molar-refractivity contribution in [3.05, 3.63) is 35.5 Å². The van der Waals surface area contributed by atoms with Crippen LogP contribution in [0.4, 0.5) is 0 Å². The SMILES string of the molecule is CC(C)n1c2c(c3ccccc31)CC(=O)N(C)C2=O. The molecule has 3 rings (SSSR count). The number of fused-ring (bicyclic) bond motifs is 3. The lowest BCUT2D eigenvalue weighted by Crippen LogP contribution is -2.40. The molecule has 1 aliphatic heterocycles. The number of hydrogen-bond acceptors (Lipinski definition) is 2. The predicted octanol–water partition coefficient (Wildman–Crippen LogP) is 2.38. The lowest BCUT2D eigenvalue weighted by Gasteiger charge is -2.24. The normalized spacial score (nSPS) is 15.5. The minimum absolute atomic E-state index is 0.135. The van der Waals surface area contributed by atoms with Crippen molar-refractivity contribution in [3.63, 3.8) is 0 Å². The zero-order valence-electron chi connectivity index (χ0n) is 11.3. The Morgan fingerprint density at radius 1 is 1.16 bits per heavy atom. The van der Waals surface area contributed by atoms with Gasteiger partial charge in [0.1, 0.15) is 5.69 Å². The van der Waals surface area contributed by atoms with Gasteiger partial charge in [-0.1, -0.05) is 18.2 Å². The predicted molar refractivity (Wildman–Crippen MR) is 73.1 cm³/mol. The molecule has 0 saturated heterocycles. The van der Waals surface area contributed by atoms with Crippen molar-refractivity contribution in [1.29, 1.82) is 0 Å². The van der Waals surface area contributed by atoms with Crippen molar-refractivity contribution in [2.45, 2.75) is 26.3 Å². The first-order valence-electron chi connectivity index (χ1n) is 6.45. The second-order valence-corrected chi connectivity index (χ2v) is 5.24. The second kappa shape index (κ2) is 3.95. The topological polar surface area (TPSA) is 42.3 Å². The average Bonchev–Trinajstić information content (AvgIpc) is 2.71. The third-order valence-corrected chi connectivity index (χ3v) is 3.74. The van der Waals surface area contributed by atoms with Gasteiger partial charge in [-0.05, 0) is 19.9 Å². The van der Waals surface area contributed by atoms with Crippen LogP contribution in [-0.2, 0) is 11.2 Å². The molecular formula is C15H16N2O2. The molecule has 2 aromatic rings. The van der Waals surface area contributed by atoms with Crippen LogP contribution >= 0.6 is 0 Å². The number of para-hydroxylation sites is 1. The van der Waals surface area contributed by atoms with Crippen molar-refractivity contribution >= 4 is 22.7 Å². The van der Waals surface area contributed by atoms with E-state index < -0.39 is 0 Å². The van der Waals surface area contributed by atoms with Crippen molar-refractivity contribution in [2.75, 3.05) is 7.05 Å². The van der Waals surface area contributed by atoms with Crippen LogP contribution in [0, 0.1) is 0 Å². The van der Waals surface area contributed by atoms with Gasteiger partial charge in [-0.2, -0.15) is 0 Å². The first-order chi connectivity index (χ1) is 9.02. The van der Waals surface area contributed by atoms with Gasteiger partial charge in [0, 0.05) is 29.6 Å². The van der Waals surface area contributed by atoms with Gasteiger partial charge in [-0.15, -0.1) is 0 Å². The molecule has 0 radical (unpaired) electrons. The highest BCUT2D eigenvalue weighted by Crippen LogP contribution is 2.33. The number of imide groups is 1. The van der Waals surface area contributed by atoms with Crippen LogP contribution in [-0.4, -0.2) is 28.3 Å². The first-order valence-corrected chi connectivity index (χ1v) is 6.45. The molecule has 0 fully saturated rings. The van der Waals surface area contributed by atoms with Crippen LogP contribution in [0.25, 0.3) is 10.9 Å². The molecule has 19 heavy (non-hydrogen) atoms. The fourth-order valence-corrected chi connectivity index (χ4v) is 2.82. The Bertz CT molecular complexity index is 697. The quantitative estimate of drug-likeness (QED) is 0.735. The van der Waals surface area contributed by atoms with E-state index in [1.165, 1.54) is 4.90 Å². The van der Waals surface area contributed by atoms with Crippen LogP contribution in [0.5, 0.6) is 0 Å². The van der Waals surface area contributed by atoms with Crippen molar-refractivity contribution in [2.24, 2.45) is 0 Å². The Balaban J connectivity index is 2.42. The standard InChI is InChI=1S/C15H16N2O2/c1-9(2)17-12-7-5-4-6-10(12)11-8-13(18)16(3)15(19)14(11)17/h4-7,9H,8H2,1-3H3. The molecule has 1 aromatic heterocycles. The van der Waals surface area contributed by atoms with Gasteiger partial charge in [0.2, 0.25) is 5.91 Å². The molecular weight excluding hydrogens is 240 g/mol. The van der Waals surface area contributed by atoms with Gasteiger partial charge in [-0.25, -0.2) is 0 Å². The highest BCUT2D eigenvalue weighted by molar-refractivity contribution is 6.13. The highest BCUT2D eigenvalue weighted by atomic mass is 16.2. The number of likely N-dealkylation sites (N-methyl/N-ethyl adjacent to an activating group) is 1. The number of carbonyl (C=O) groups excluding carboxylic acids is 2. The monoisotopic (exact) mass is 256 g/mol. The summed E-state index contributed by atoms with van der Waals surface area (Å²) in [5.41, 5.74) is 2.56. The molecule has 2 amide bonds. The Hall–Kier alpha value is -2.10. The highest BCUT2D eigenvalue weighted by Gasteiger charge is 2.34. The lowest BCUT2D eigenvalue weighted by atomic mass is 10.0. The van der Waals surface area contributed by atoms with E-state index >= 15 is 0 Å². The smallest absolute Gasteiger partial charge is 0.277 e. The fourth-order valence-electron chi connectivity index (χ4n) is 2.82. The summed E-state index contributed by atoms with van der Waals surface area (Å²) in [7, 11) is 1.55. The van der Waals surface area contributed by atoms with E-state index in [1.54, 1.807) is 7.05 Å². The Labute approximate surface area is 111 Å². The summed E-state index contributed by atoms with van der Waals surface area (Å²) in [6, 6.07) is 8.08. The summed E-state index contributed by atoms with van der Waals surface area (Å²) in [5, 5.41) is 1.01. The van der Waals surface area contributed by atoms with Crippen molar-refractivity contribution in [3.8, 4) is 0 Å². The molecule has 0 aliphatic carbocycles. The molecule has 0 bridgehead atoms. The summed E-state index contributed by atoms with van der Waals surface area (Å²) in [6.07, 6.45) is 0.303. The van der Waals surface area contributed by atoms with Gasteiger partial charge in [-0.3, -0.25) is 14.5 Å². The fraction of sp³-hybridized carbons (Fsp3) is 0.333. The van der Waals surface area contributed by atoms with Crippen LogP contribution in [0.15, 0.2) is 24.3 Å². The van der Waals surface area contributed by atoms with Gasteiger partial charge in [0.05, 0.1) is 6.42 Å². The average molecular weight is 256 g/mol. The van der Waals surface area contributed by atoms with Crippen LogP contribution < -0.4 is 0 Å². The summed E-state index contributed by atoms with van der Waals surface area (Å²) < 4.78 is 2.04. The molecule has 98 valence electrons. The number of aromatic nitrogens is 1. The Kier molecular flexibility index (Phi) is 2.49. The number of carbonyl (C=O) groups is 2. The van der Waals surface area contributed by atoms with Gasteiger partial charge in [0.15, 0.2) is 0 Å². The molecule has 1 aliphatic rings. The summed E-state index contributed by atoms with van der Waals surface area (Å²) >= 11 is 0. The van der Waals surface area contributed by atoms with E-state index in [0.29, 0.717) is 12.1 Å². The molecule has 4 nitrogen and oxygen atoms in total. The van der Waals surface area contributed by atoms with Crippen LogP contribution in [0.3, 0.4) is 0 Å². The third kappa shape index (κ3) is 1.52. The minimum Gasteiger partial charge on any atom is -0.334 e. The van der Waals surface area contributed by atoms with Gasteiger partial charge >= 0.3 is 0 Å². The number of hydrogen-bond donors (Lipinski definition) is 0. The van der Waals surface area contributed by atoms with Crippen molar-refractivity contribution < 1.29 is 9.59 Å². The van der Waals surface area contributed by atoms with E-state index in [9.17, 15) is 9.59 Å². The second-order valence-electron chi connectivity index (χ2n) is 5.24. The number of benzene rings is 1. The van der Waals surface area contributed by atoms with E-state index in [0.717, 1.165) is 16.5 Å². The molecule has 1 aromatic carbocycles. The van der Waals surface area contributed by atoms with Gasteiger partial charge in [0.25, 0.3) is 5.91 Å². The molecule has 0 spiro atoms. The summed E-state index contributed by atoms with van der Waals surface area (Å²) in [4.78, 5) is 25.5. The molecule has 4 heteroatoms. The molecule has 0 saturated carbocycles. The van der Waals surface area contributed by atoms with E-state index in [4.69, 9.17) is 0 Å². The number of rotatable bonds is 1. The molecule has 2 heterocycles. The molecule has 0 N–H and O–H groups in total. The number of amides is 2. The largest absolute Gasteiger partial charge is 0.334 e. The van der Waals surface area contributed by atoms with E-state index in [2.05, 4.69) is 13.8 Å². The molecule has 0 unspecified atom stereocenters.